The highest BCUT2D eigenvalue weighted by molar-refractivity contribution is 6.17. The lowest BCUT2D eigenvalue weighted by molar-refractivity contribution is 0.660. The van der Waals surface area contributed by atoms with E-state index in [0.29, 0.717) is 0 Å². The highest BCUT2D eigenvalue weighted by atomic mass is 15.1. The number of aryl methyl sites for hydroxylation is 1. The molecule has 0 radical (unpaired) electrons. The molecule has 1 aromatic heterocycles. The largest absolute Gasteiger partial charge is 0.343 e. The number of hydrogen-bond acceptors (Lipinski definition) is 1. The van der Waals surface area contributed by atoms with E-state index < -0.39 is 0 Å². The quantitative estimate of drug-likeness (QED) is 0.165. The molecule has 1 aliphatic rings. The van der Waals surface area contributed by atoms with Crippen molar-refractivity contribution in [1.29, 1.82) is 0 Å². The van der Waals surface area contributed by atoms with Crippen molar-refractivity contribution >= 4 is 49.5 Å². The first-order valence-corrected chi connectivity index (χ1v) is 20.2. The predicted octanol–water partition coefficient (Wildman–Crippen LogP) is 15.3. The number of anilines is 3. The molecule has 2 nitrogen and oxygen atoms in total. The van der Waals surface area contributed by atoms with E-state index in [4.69, 9.17) is 0 Å². The van der Waals surface area contributed by atoms with Crippen LogP contribution in [0.2, 0.25) is 0 Å². The van der Waals surface area contributed by atoms with Crippen LogP contribution in [-0.4, -0.2) is 4.57 Å². The first-order chi connectivity index (χ1) is 28.4. The summed E-state index contributed by atoms with van der Waals surface area (Å²) in [6, 6.07) is 73.7. The molecule has 0 N–H and O–H groups in total. The molecule has 58 heavy (non-hydrogen) atoms. The monoisotopic (exact) mass is 742 g/mol. The van der Waals surface area contributed by atoms with Crippen LogP contribution in [0.1, 0.15) is 25.0 Å². The second-order valence-electron chi connectivity index (χ2n) is 16.2. The van der Waals surface area contributed by atoms with E-state index in [0.717, 1.165) is 17.1 Å². The van der Waals surface area contributed by atoms with Gasteiger partial charge in [0.1, 0.15) is 0 Å². The molecule has 0 spiro atoms. The molecule has 2 heteroatoms. The Balaban J connectivity index is 1.07. The molecule has 9 aromatic carbocycles. The van der Waals surface area contributed by atoms with E-state index in [1.807, 2.05) is 0 Å². The van der Waals surface area contributed by atoms with Crippen LogP contribution in [0.3, 0.4) is 0 Å². The highest BCUT2D eigenvalue weighted by Crippen LogP contribution is 2.51. The molecule has 11 rings (SSSR count). The molecule has 276 valence electrons. The fourth-order valence-corrected chi connectivity index (χ4v) is 9.65. The van der Waals surface area contributed by atoms with Gasteiger partial charge in [-0.05, 0) is 115 Å². The summed E-state index contributed by atoms with van der Waals surface area (Å²) in [4.78, 5) is 2.42. The van der Waals surface area contributed by atoms with Crippen LogP contribution >= 0.6 is 0 Å². The first-order valence-electron chi connectivity index (χ1n) is 20.2. The first kappa shape index (κ1) is 34.1. The Morgan fingerprint density at radius 2 is 1.00 bits per heavy atom. The fourth-order valence-electron chi connectivity index (χ4n) is 9.65. The summed E-state index contributed by atoms with van der Waals surface area (Å²) < 4.78 is 2.37. The topological polar surface area (TPSA) is 8.17 Å². The number of benzene rings is 9. The zero-order chi connectivity index (χ0) is 39.0. The molecule has 0 amide bonds. The van der Waals surface area contributed by atoms with Gasteiger partial charge in [-0.15, -0.1) is 0 Å². The predicted molar refractivity (Wildman–Crippen MR) is 246 cm³/mol. The lowest BCUT2D eigenvalue weighted by Gasteiger charge is -2.28. The van der Waals surface area contributed by atoms with Gasteiger partial charge in [0.05, 0.1) is 5.69 Å². The van der Waals surface area contributed by atoms with E-state index in [9.17, 15) is 0 Å². The van der Waals surface area contributed by atoms with Crippen molar-refractivity contribution in [3.63, 3.8) is 0 Å². The minimum Gasteiger partial charge on any atom is -0.343 e. The molecule has 1 aliphatic carbocycles. The normalized spacial score (nSPS) is 12.9. The van der Waals surface area contributed by atoms with Crippen LogP contribution in [0.4, 0.5) is 17.1 Å². The van der Waals surface area contributed by atoms with Crippen LogP contribution in [0.5, 0.6) is 0 Å². The highest BCUT2D eigenvalue weighted by Gasteiger charge is 2.35. The summed E-state index contributed by atoms with van der Waals surface area (Å²) >= 11 is 0. The molecule has 1 heterocycles. The van der Waals surface area contributed by atoms with Crippen LogP contribution in [-0.2, 0) is 12.5 Å². The van der Waals surface area contributed by atoms with Gasteiger partial charge < -0.3 is 9.47 Å². The number of rotatable bonds is 6. The van der Waals surface area contributed by atoms with Gasteiger partial charge in [0.15, 0.2) is 0 Å². The standard InChI is InChI=1S/C56H42N2/c1-56(2)50-20-12-11-19-48(50)49-33-32-46(36-51(49)56)58(44-28-23-38(24-29-44)43-22-21-37-13-7-8-17-42(37)35-43)45-30-25-40(26-31-45)53-54-47-18-10-9-14-39(47)27-34-52(54)57(3)55(53)41-15-5-4-6-16-41/h4-36H,1-3H3. The molecule has 0 fully saturated rings. The number of hydrogen-bond donors (Lipinski definition) is 0. The SMILES string of the molecule is Cn1c(-c2ccccc2)c(-c2ccc(N(c3ccc(-c4ccc5ccccc5c4)cc3)c3ccc4c(c3)C(C)(C)c3ccccc3-4)cc2)c2c3ccccc3ccc21. The van der Waals surface area contributed by atoms with E-state index in [1.165, 1.54) is 88.2 Å². The zero-order valence-corrected chi connectivity index (χ0v) is 32.9. The van der Waals surface area contributed by atoms with E-state index in [2.05, 4.69) is 231 Å². The van der Waals surface area contributed by atoms with Gasteiger partial charge in [-0.2, -0.15) is 0 Å². The summed E-state index contributed by atoms with van der Waals surface area (Å²) in [5, 5.41) is 6.31. The average molecular weight is 743 g/mol. The molecule has 0 saturated carbocycles. The average Bonchev–Trinajstić information content (AvgIpc) is 3.71. The van der Waals surface area contributed by atoms with Crippen molar-refractivity contribution in [1.82, 2.24) is 4.57 Å². The molecule has 10 aromatic rings. The van der Waals surface area contributed by atoms with Crippen molar-refractivity contribution in [2.75, 3.05) is 4.90 Å². The van der Waals surface area contributed by atoms with Gasteiger partial charge in [0, 0.05) is 46.0 Å². The Bertz CT molecular complexity index is 3190. The minimum absolute atomic E-state index is 0.109. The van der Waals surface area contributed by atoms with Crippen LogP contribution < -0.4 is 4.90 Å². The Morgan fingerprint density at radius 1 is 0.414 bits per heavy atom. The molecule has 0 bridgehead atoms. The molecule has 0 saturated heterocycles. The Hall–Kier alpha value is -7.16. The van der Waals surface area contributed by atoms with Crippen LogP contribution in [0, 0.1) is 0 Å². The van der Waals surface area contributed by atoms with Crippen molar-refractivity contribution < 1.29 is 0 Å². The second kappa shape index (κ2) is 13.2. The molecule has 0 atom stereocenters. The lowest BCUT2D eigenvalue weighted by atomic mass is 9.82. The zero-order valence-electron chi connectivity index (χ0n) is 32.9. The molecule has 0 aliphatic heterocycles. The molecule has 0 unspecified atom stereocenters. The van der Waals surface area contributed by atoms with Crippen molar-refractivity contribution in [3.8, 4) is 44.6 Å². The maximum Gasteiger partial charge on any atom is 0.0568 e. The van der Waals surface area contributed by atoms with Gasteiger partial charge in [-0.3, -0.25) is 0 Å². The molecular weight excluding hydrogens is 701 g/mol. The maximum atomic E-state index is 2.42. The Kier molecular flexibility index (Phi) is 7.78. The summed E-state index contributed by atoms with van der Waals surface area (Å²) in [6.07, 6.45) is 0. The lowest BCUT2D eigenvalue weighted by Crippen LogP contribution is -2.16. The third-order valence-corrected chi connectivity index (χ3v) is 12.6. The Labute approximate surface area is 339 Å². The summed E-state index contributed by atoms with van der Waals surface area (Å²) in [5.74, 6) is 0. The number of fused-ring (bicyclic) bond motifs is 7. The van der Waals surface area contributed by atoms with Gasteiger partial charge >= 0.3 is 0 Å². The maximum absolute atomic E-state index is 2.42. The minimum atomic E-state index is -0.109. The second-order valence-corrected chi connectivity index (χ2v) is 16.2. The van der Waals surface area contributed by atoms with Crippen molar-refractivity contribution in [2.45, 2.75) is 19.3 Å². The number of nitrogens with zero attached hydrogens (tertiary/aromatic N) is 2. The molecular formula is C56H42N2. The van der Waals surface area contributed by atoms with Crippen molar-refractivity contribution in [3.05, 3.63) is 211 Å². The summed E-state index contributed by atoms with van der Waals surface area (Å²) in [6.45, 7) is 4.72. The summed E-state index contributed by atoms with van der Waals surface area (Å²) in [5.41, 5.74) is 17.2. The summed E-state index contributed by atoms with van der Waals surface area (Å²) in [7, 11) is 2.20. The van der Waals surface area contributed by atoms with E-state index in [-0.39, 0.29) is 5.41 Å². The smallest absolute Gasteiger partial charge is 0.0568 e. The third-order valence-electron chi connectivity index (χ3n) is 12.6. The van der Waals surface area contributed by atoms with Gasteiger partial charge in [0.2, 0.25) is 0 Å². The number of aromatic nitrogens is 1. The fraction of sp³-hybridized carbons (Fsp3) is 0.0714. The van der Waals surface area contributed by atoms with E-state index >= 15 is 0 Å². The Morgan fingerprint density at radius 3 is 1.78 bits per heavy atom. The van der Waals surface area contributed by atoms with Gasteiger partial charge in [-0.25, -0.2) is 0 Å². The van der Waals surface area contributed by atoms with Crippen LogP contribution in [0.15, 0.2) is 200 Å². The van der Waals surface area contributed by atoms with Crippen LogP contribution in [0.25, 0.3) is 77.1 Å². The third kappa shape index (κ3) is 5.33. The van der Waals surface area contributed by atoms with Gasteiger partial charge in [0.25, 0.3) is 0 Å². The van der Waals surface area contributed by atoms with Crippen molar-refractivity contribution in [2.24, 2.45) is 7.05 Å². The van der Waals surface area contributed by atoms with E-state index in [1.54, 1.807) is 0 Å². The van der Waals surface area contributed by atoms with Gasteiger partial charge in [-0.1, -0.05) is 166 Å².